The lowest BCUT2D eigenvalue weighted by Crippen LogP contribution is -2.35. The van der Waals surface area contributed by atoms with E-state index in [4.69, 9.17) is 4.74 Å². The third-order valence-corrected chi connectivity index (χ3v) is 4.51. The van der Waals surface area contributed by atoms with Crippen LogP contribution in [0.3, 0.4) is 0 Å². The van der Waals surface area contributed by atoms with Crippen LogP contribution in [0.2, 0.25) is 0 Å². The maximum Gasteiger partial charge on any atom is 0.331 e. The second kappa shape index (κ2) is 9.88. The smallest absolute Gasteiger partial charge is 0.331 e. The predicted octanol–water partition coefficient (Wildman–Crippen LogP) is 3.13. The minimum Gasteiger partial charge on any atom is -0.452 e. The minimum atomic E-state index is -0.622. The Labute approximate surface area is 163 Å². The standard InChI is InChI=1S/C18H17BrN2O4S/c1-12-9-13(19)4-6-15(12)21-16(22)10-20-17(23)11-25-18(24)7-5-14-3-2-8-26-14/h2-9H,10-11H2,1H3,(H,20,23)(H,21,22)/b7-5+. The number of carbonyl (C=O) groups excluding carboxylic acids is 3. The third kappa shape index (κ3) is 6.81. The molecule has 1 aromatic carbocycles. The van der Waals surface area contributed by atoms with E-state index in [0.717, 1.165) is 14.9 Å². The number of carbonyl (C=O) groups is 3. The van der Waals surface area contributed by atoms with Gasteiger partial charge in [0, 0.05) is 21.1 Å². The molecule has 0 spiro atoms. The molecule has 1 aromatic heterocycles. The second-order valence-electron chi connectivity index (χ2n) is 5.24. The Morgan fingerprint density at radius 3 is 2.73 bits per heavy atom. The van der Waals surface area contributed by atoms with E-state index in [-0.39, 0.29) is 12.5 Å². The number of amides is 2. The van der Waals surface area contributed by atoms with Gasteiger partial charge in [-0.2, -0.15) is 0 Å². The van der Waals surface area contributed by atoms with Crippen molar-refractivity contribution in [3.05, 3.63) is 56.7 Å². The summed E-state index contributed by atoms with van der Waals surface area (Å²) in [6.45, 7) is 1.21. The molecule has 136 valence electrons. The molecular formula is C18H17BrN2O4S. The Morgan fingerprint density at radius 2 is 2.04 bits per heavy atom. The zero-order valence-electron chi connectivity index (χ0n) is 14.0. The molecule has 0 radical (unpaired) electrons. The molecule has 0 saturated heterocycles. The highest BCUT2D eigenvalue weighted by molar-refractivity contribution is 9.10. The van der Waals surface area contributed by atoms with Crippen LogP contribution in [0, 0.1) is 6.92 Å². The van der Waals surface area contributed by atoms with Crippen LogP contribution < -0.4 is 10.6 Å². The van der Waals surface area contributed by atoms with E-state index >= 15 is 0 Å². The summed E-state index contributed by atoms with van der Waals surface area (Å²) in [6.07, 6.45) is 2.86. The average Bonchev–Trinajstić information content (AvgIpc) is 3.12. The lowest BCUT2D eigenvalue weighted by molar-refractivity contribution is -0.143. The molecule has 8 heteroatoms. The number of esters is 1. The highest BCUT2D eigenvalue weighted by Crippen LogP contribution is 2.19. The fourth-order valence-corrected chi connectivity index (χ4v) is 3.01. The Balaban J connectivity index is 1.69. The van der Waals surface area contributed by atoms with Gasteiger partial charge in [-0.15, -0.1) is 11.3 Å². The van der Waals surface area contributed by atoms with E-state index in [0.29, 0.717) is 5.69 Å². The molecule has 0 bridgehead atoms. The molecule has 2 rings (SSSR count). The molecule has 26 heavy (non-hydrogen) atoms. The quantitative estimate of drug-likeness (QED) is 0.515. The Morgan fingerprint density at radius 1 is 1.23 bits per heavy atom. The van der Waals surface area contributed by atoms with Crippen LogP contribution in [-0.4, -0.2) is 30.9 Å². The van der Waals surface area contributed by atoms with Crippen molar-refractivity contribution in [2.75, 3.05) is 18.5 Å². The highest BCUT2D eigenvalue weighted by Gasteiger charge is 2.09. The van der Waals surface area contributed by atoms with Gasteiger partial charge in [-0.25, -0.2) is 4.79 Å². The van der Waals surface area contributed by atoms with Gasteiger partial charge in [-0.1, -0.05) is 22.0 Å². The van der Waals surface area contributed by atoms with Crippen molar-refractivity contribution in [3.8, 4) is 0 Å². The molecule has 0 saturated carbocycles. The van der Waals surface area contributed by atoms with Crippen LogP contribution in [0.15, 0.2) is 46.3 Å². The summed E-state index contributed by atoms with van der Waals surface area (Å²) >= 11 is 4.83. The fraction of sp³-hybridized carbons (Fsp3) is 0.167. The third-order valence-electron chi connectivity index (χ3n) is 3.18. The Bertz CT molecular complexity index is 819. The molecular weight excluding hydrogens is 420 g/mol. The zero-order chi connectivity index (χ0) is 18.9. The predicted molar refractivity (Wildman–Crippen MR) is 105 cm³/mol. The summed E-state index contributed by atoms with van der Waals surface area (Å²) in [4.78, 5) is 36.0. The molecule has 2 N–H and O–H groups in total. The van der Waals surface area contributed by atoms with Crippen LogP contribution in [0.1, 0.15) is 10.4 Å². The van der Waals surface area contributed by atoms with Crippen LogP contribution in [-0.2, 0) is 19.1 Å². The van der Waals surface area contributed by atoms with E-state index < -0.39 is 18.5 Å². The van der Waals surface area contributed by atoms with Crippen molar-refractivity contribution < 1.29 is 19.1 Å². The zero-order valence-corrected chi connectivity index (χ0v) is 16.4. The minimum absolute atomic E-state index is 0.211. The number of ether oxygens (including phenoxy) is 1. The van der Waals surface area contributed by atoms with Gasteiger partial charge in [0.15, 0.2) is 6.61 Å². The molecule has 0 aliphatic carbocycles. The highest BCUT2D eigenvalue weighted by atomic mass is 79.9. The van der Waals surface area contributed by atoms with Gasteiger partial charge in [0.1, 0.15) is 0 Å². The van der Waals surface area contributed by atoms with Gasteiger partial charge in [0.25, 0.3) is 5.91 Å². The topological polar surface area (TPSA) is 84.5 Å². The molecule has 2 amide bonds. The van der Waals surface area contributed by atoms with Crippen molar-refractivity contribution in [3.63, 3.8) is 0 Å². The van der Waals surface area contributed by atoms with Gasteiger partial charge in [-0.05, 0) is 48.2 Å². The fourth-order valence-electron chi connectivity index (χ4n) is 1.91. The summed E-state index contributed by atoms with van der Waals surface area (Å²) in [6, 6.07) is 9.17. The van der Waals surface area contributed by atoms with Gasteiger partial charge >= 0.3 is 5.97 Å². The first-order chi connectivity index (χ1) is 12.4. The average molecular weight is 437 g/mol. The largest absolute Gasteiger partial charge is 0.452 e. The maximum atomic E-state index is 11.9. The lowest BCUT2D eigenvalue weighted by Gasteiger charge is -2.09. The number of hydrogen-bond donors (Lipinski definition) is 2. The monoisotopic (exact) mass is 436 g/mol. The van der Waals surface area contributed by atoms with Crippen LogP contribution in [0.4, 0.5) is 5.69 Å². The summed E-state index contributed by atoms with van der Waals surface area (Å²) in [7, 11) is 0. The Kier molecular flexibility index (Phi) is 7.55. The summed E-state index contributed by atoms with van der Waals surface area (Å²) in [5.74, 6) is -1.54. The van der Waals surface area contributed by atoms with Crippen LogP contribution >= 0.6 is 27.3 Å². The number of aryl methyl sites for hydroxylation is 1. The van der Waals surface area contributed by atoms with E-state index in [1.54, 1.807) is 12.1 Å². The number of hydrogen-bond acceptors (Lipinski definition) is 5. The van der Waals surface area contributed by atoms with E-state index in [2.05, 4.69) is 26.6 Å². The normalized spacial score (nSPS) is 10.5. The van der Waals surface area contributed by atoms with Crippen molar-refractivity contribution in [1.29, 1.82) is 0 Å². The molecule has 0 atom stereocenters. The summed E-state index contributed by atoms with van der Waals surface area (Å²) < 4.78 is 5.73. The first-order valence-electron chi connectivity index (χ1n) is 7.65. The summed E-state index contributed by atoms with van der Waals surface area (Å²) in [5.41, 5.74) is 1.56. The first-order valence-corrected chi connectivity index (χ1v) is 9.32. The van der Waals surface area contributed by atoms with E-state index in [1.807, 2.05) is 36.6 Å². The molecule has 0 fully saturated rings. The van der Waals surface area contributed by atoms with Gasteiger partial charge in [0.05, 0.1) is 6.54 Å². The molecule has 0 unspecified atom stereocenters. The molecule has 1 heterocycles. The van der Waals surface area contributed by atoms with Crippen LogP contribution in [0.25, 0.3) is 6.08 Å². The number of benzene rings is 1. The molecule has 6 nitrogen and oxygen atoms in total. The van der Waals surface area contributed by atoms with Gasteiger partial charge < -0.3 is 15.4 Å². The molecule has 2 aromatic rings. The van der Waals surface area contributed by atoms with Crippen LogP contribution in [0.5, 0.6) is 0 Å². The number of halogens is 1. The van der Waals surface area contributed by atoms with Gasteiger partial charge in [0.2, 0.25) is 5.91 Å². The second-order valence-corrected chi connectivity index (χ2v) is 7.14. The number of rotatable bonds is 7. The number of nitrogens with one attached hydrogen (secondary N) is 2. The van der Waals surface area contributed by atoms with Crippen molar-refractivity contribution in [1.82, 2.24) is 5.32 Å². The summed E-state index contributed by atoms with van der Waals surface area (Å²) in [5, 5.41) is 6.99. The number of thiophene rings is 1. The van der Waals surface area contributed by atoms with E-state index in [1.165, 1.54) is 17.4 Å². The number of anilines is 1. The molecule has 0 aliphatic rings. The van der Waals surface area contributed by atoms with Crippen molar-refractivity contribution in [2.24, 2.45) is 0 Å². The van der Waals surface area contributed by atoms with Crippen molar-refractivity contribution >= 4 is 56.8 Å². The SMILES string of the molecule is Cc1cc(Br)ccc1NC(=O)CNC(=O)COC(=O)/C=C/c1cccs1. The van der Waals surface area contributed by atoms with Crippen molar-refractivity contribution in [2.45, 2.75) is 6.92 Å². The van der Waals surface area contributed by atoms with E-state index in [9.17, 15) is 14.4 Å². The maximum absolute atomic E-state index is 11.9. The molecule has 0 aliphatic heterocycles. The first kappa shape index (κ1) is 19.9. The lowest BCUT2D eigenvalue weighted by atomic mass is 10.2. The Hall–Kier alpha value is -2.45. The van der Waals surface area contributed by atoms with Gasteiger partial charge in [-0.3, -0.25) is 9.59 Å².